The van der Waals surface area contributed by atoms with Gasteiger partial charge in [-0.05, 0) is 74.3 Å². The maximum absolute atomic E-state index is 7.28. The van der Waals surface area contributed by atoms with E-state index in [1.807, 2.05) is 12.1 Å². The minimum absolute atomic E-state index is 0.550. The van der Waals surface area contributed by atoms with Crippen LogP contribution in [-0.2, 0) is 5.41 Å². The molecular formula is C38H28N2O. The van der Waals surface area contributed by atoms with Gasteiger partial charge in [0.25, 0.3) is 0 Å². The summed E-state index contributed by atoms with van der Waals surface area (Å²) in [6, 6.07) is 44.9. The molecule has 0 fully saturated rings. The van der Waals surface area contributed by atoms with Crippen molar-refractivity contribution in [2.75, 3.05) is 18.6 Å². The molecule has 0 aliphatic heterocycles. The molecule has 196 valence electrons. The predicted molar refractivity (Wildman–Crippen MR) is 169 cm³/mol. The van der Waals surface area contributed by atoms with Gasteiger partial charge in [0.2, 0.25) is 0 Å². The van der Waals surface area contributed by atoms with E-state index in [0.717, 1.165) is 44.9 Å². The van der Waals surface area contributed by atoms with Gasteiger partial charge in [0.1, 0.15) is 5.75 Å². The Morgan fingerprint density at radius 3 is 1.88 bits per heavy atom. The van der Waals surface area contributed by atoms with E-state index in [-0.39, 0.29) is 0 Å². The summed E-state index contributed by atoms with van der Waals surface area (Å²) in [7, 11) is 1.76. The molecule has 2 aliphatic carbocycles. The van der Waals surface area contributed by atoms with E-state index in [0.29, 0.717) is 0 Å². The highest BCUT2D eigenvalue weighted by molar-refractivity contribution is 6.05. The summed E-state index contributed by atoms with van der Waals surface area (Å²) < 4.78 is 5.98. The Kier molecular flexibility index (Phi) is 4.95. The Hall–Kier alpha value is -5.28. The molecule has 0 saturated heterocycles. The topological polar surface area (TPSA) is 61.3 Å². The normalized spacial score (nSPS) is 15.7. The van der Waals surface area contributed by atoms with Gasteiger partial charge in [-0.25, -0.2) is 0 Å². The summed E-state index contributed by atoms with van der Waals surface area (Å²) in [5, 5.41) is 0. The van der Waals surface area contributed by atoms with Gasteiger partial charge < -0.3 is 16.2 Å². The van der Waals surface area contributed by atoms with E-state index in [9.17, 15) is 0 Å². The van der Waals surface area contributed by atoms with E-state index >= 15 is 0 Å². The number of ether oxygens (including phenoxy) is 1. The second-order valence-electron chi connectivity index (χ2n) is 10.8. The van der Waals surface area contributed by atoms with Gasteiger partial charge in [-0.15, -0.1) is 0 Å². The van der Waals surface area contributed by atoms with Crippen LogP contribution in [0, 0.1) is 0 Å². The van der Waals surface area contributed by atoms with Gasteiger partial charge in [-0.1, -0.05) is 103 Å². The number of hydrogen-bond acceptors (Lipinski definition) is 3. The molecule has 6 aromatic rings. The van der Waals surface area contributed by atoms with E-state index in [2.05, 4.69) is 115 Å². The van der Waals surface area contributed by atoms with Crippen LogP contribution < -0.4 is 16.2 Å². The fourth-order valence-corrected chi connectivity index (χ4v) is 7.31. The molecule has 0 heterocycles. The zero-order valence-corrected chi connectivity index (χ0v) is 22.7. The van der Waals surface area contributed by atoms with Crippen molar-refractivity contribution in [2.45, 2.75) is 5.41 Å². The van der Waals surface area contributed by atoms with Crippen molar-refractivity contribution in [3.8, 4) is 50.3 Å². The predicted octanol–water partition coefficient (Wildman–Crippen LogP) is 8.54. The maximum atomic E-state index is 7.28. The third-order valence-corrected chi connectivity index (χ3v) is 8.90. The highest BCUT2D eigenvalue weighted by atomic mass is 16.5. The fourth-order valence-electron chi connectivity index (χ4n) is 7.31. The molecule has 1 spiro atoms. The average Bonchev–Trinajstić information content (AvgIpc) is 3.49. The zero-order chi connectivity index (χ0) is 27.7. The standard InChI is InChI=1S/C38H28N2O/c1-41-33-17-9-16-32-35(33)27-13-6-8-15-31(27)38(32)30-14-7-5-12-26(30)29-22-28(23-18-20-25(39)21-19-23)37(40)34(36(29)38)24-10-3-2-4-11-24/h2-22H,39-40H2,1H3. The number of nitrogen functional groups attached to an aromatic ring is 2. The Balaban J connectivity index is 1.60. The summed E-state index contributed by atoms with van der Waals surface area (Å²) in [6.07, 6.45) is 0. The Morgan fingerprint density at radius 1 is 0.512 bits per heavy atom. The quantitative estimate of drug-likeness (QED) is 0.226. The zero-order valence-electron chi connectivity index (χ0n) is 22.7. The molecule has 4 N–H and O–H groups in total. The van der Waals surface area contributed by atoms with E-state index < -0.39 is 5.41 Å². The van der Waals surface area contributed by atoms with Crippen molar-refractivity contribution < 1.29 is 4.74 Å². The minimum Gasteiger partial charge on any atom is -0.496 e. The summed E-state index contributed by atoms with van der Waals surface area (Å²) in [6.45, 7) is 0. The molecule has 1 unspecified atom stereocenters. The summed E-state index contributed by atoms with van der Waals surface area (Å²) >= 11 is 0. The first kappa shape index (κ1) is 23.6. The van der Waals surface area contributed by atoms with Crippen molar-refractivity contribution in [1.29, 1.82) is 0 Å². The van der Waals surface area contributed by atoms with Gasteiger partial charge in [-0.2, -0.15) is 0 Å². The second-order valence-corrected chi connectivity index (χ2v) is 10.8. The first-order valence-corrected chi connectivity index (χ1v) is 13.9. The SMILES string of the molecule is COc1cccc2c1-c1ccccc1C21c2ccccc2-c2cc(-c3ccc(N)cc3)c(N)c(-c3ccccc3)c21. The second kappa shape index (κ2) is 8.61. The average molecular weight is 529 g/mol. The number of fused-ring (bicyclic) bond motifs is 10. The molecule has 1 atom stereocenters. The van der Waals surface area contributed by atoms with Crippen molar-refractivity contribution >= 4 is 11.4 Å². The molecular weight excluding hydrogens is 500 g/mol. The maximum Gasteiger partial charge on any atom is 0.127 e. The van der Waals surface area contributed by atoms with E-state index in [1.54, 1.807) is 7.11 Å². The first-order chi connectivity index (χ1) is 20.1. The van der Waals surface area contributed by atoms with E-state index in [4.69, 9.17) is 16.2 Å². The summed E-state index contributed by atoms with van der Waals surface area (Å²) in [5.74, 6) is 0.880. The van der Waals surface area contributed by atoms with Gasteiger partial charge in [-0.3, -0.25) is 0 Å². The smallest absolute Gasteiger partial charge is 0.127 e. The lowest BCUT2D eigenvalue weighted by molar-refractivity contribution is 0.416. The van der Waals surface area contributed by atoms with Gasteiger partial charge in [0.05, 0.1) is 12.5 Å². The van der Waals surface area contributed by atoms with Crippen LogP contribution in [-0.4, -0.2) is 7.11 Å². The number of nitrogens with two attached hydrogens (primary N) is 2. The van der Waals surface area contributed by atoms with Gasteiger partial charge in [0, 0.05) is 28.1 Å². The molecule has 0 amide bonds. The monoisotopic (exact) mass is 528 g/mol. The molecule has 3 heteroatoms. The highest BCUT2D eigenvalue weighted by Crippen LogP contribution is 2.66. The van der Waals surface area contributed by atoms with Crippen LogP contribution in [0.3, 0.4) is 0 Å². The van der Waals surface area contributed by atoms with Crippen LogP contribution in [0.25, 0.3) is 44.5 Å². The number of benzene rings is 6. The lowest BCUT2D eigenvalue weighted by Crippen LogP contribution is -2.27. The molecule has 8 rings (SSSR count). The largest absolute Gasteiger partial charge is 0.496 e. The Morgan fingerprint density at radius 2 is 1.15 bits per heavy atom. The van der Waals surface area contributed by atoms with Crippen molar-refractivity contribution in [3.05, 3.63) is 150 Å². The number of rotatable bonds is 3. The third kappa shape index (κ3) is 3.03. The first-order valence-electron chi connectivity index (χ1n) is 13.9. The molecule has 6 aromatic carbocycles. The van der Waals surface area contributed by atoms with Gasteiger partial charge >= 0.3 is 0 Å². The van der Waals surface area contributed by atoms with Crippen molar-refractivity contribution in [2.24, 2.45) is 0 Å². The Bertz CT molecular complexity index is 1990. The number of hydrogen-bond donors (Lipinski definition) is 2. The molecule has 0 bridgehead atoms. The highest BCUT2D eigenvalue weighted by Gasteiger charge is 2.54. The number of anilines is 2. The third-order valence-electron chi connectivity index (χ3n) is 8.90. The van der Waals surface area contributed by atoms with Crippen LogP contribution in [0.1, 0.15) is 22.3 Å². The molecule has 3 nitrogen and oxygen atoms in total. The molecule has 0 radical (unpaired) electrons. The summed E-state index contributed by atoms with van der Waals surface area (Å²) in [4.78, 5) is 0. The van der Waals surface area contributed by atoms with Crippen LogP contribution in [0.5, 0.6) is 5.75 Å². The lowest BCUT2D eigenvalue weighted by Gasteiger charge is -2.33. The Labute approximate surface area is 239 Å². The molecule has 41 heavy (non-hydrogen) atoms. The van der Waals surface area contributed by atoms with Crippen LogP contribution >= 0.6 is 0 Å². The lowest BCUT2D eigenvalue weighted by atomic mass is 9.68. The number of methoxy groups -OCH3 is 1. The molecule has 2 aliphatic rings. The molecule has 0 aromatic heterocycles. The van der Waals surface area contributed by atoms with Crippen LogP contribution in [0.4, 0.5) is 11.4 Å². The van der Waals surface area contributed by atoms with Crippen molar-refractivity contribution in [1.82, 2.24) is 0 Å². The summed E-state index contributed by atoms with van der Waals surface area (Å²) in [5.41, 5.74) is 28.2. The van der Waals surface area contributed by atoms with Crippen molar-refractivity contribution in [3.63, 3.8) is 0 Å². The fraction of sp³-hybridized carbons (Fsp3) is 0.0526. The molecule has 0 saturated carbocycles. The van der Waals surface area contributed by atoms with Crippen LogP contribution in [0.2, 0.25) is 0 Å². The van der Waals surface area contributed by atoms with Crippen LogP contribution in [0.15, 0.2) is 127 Å². The van der Waals surface area contributed by atoms with Gasteiger partial charge in [0.15, 0.2) is 0 Å². The minimum atomic E-state index is -0.550. The van der Waals surface area contributed by atoms with E-state index in [1.165, 1.54) is 38.9 Å².